The van der Waals surface area contributed by atoms with Gasteiger partial charge in [-0.05, 0) is 62.7 Å². The second-order valence-electron chi connectivity index (χ2n) is 10.2. The zero-order chi connectivity index (χ0) is 19.2. The van der Waals surface area contributed by atoms with Crippen molar-refractivity contribution in [3.05, 3.63) is 0 Å². The minimum Gasteiger partial charge on any atom is -0.481 e. The van der Waals surface area contributed by atoms with Gasteiger partial charge in [0, 0.05) is 19.4 Å². The van der Waals surface area contributed by atoms with Crippen molar-refractivity contribution < 1.29 is 29.6 Å². The number of carbonyl (C=O) groups is 1. The highest BCUT2D eigenvalue weighted by molar-refractivity contribution is 5.71. The Morgan fingerprint density at radius 1 is 1.07 bits per heavy atom. The van der Waals surface area contributed by atoms with Gasteiger partial charge >= 0.3 is 5.97 Å². The second kappa shape index (κ2) is 5.47. The Bertz CT molecular complexity index is 667. The van der Waals surface area contributed by atoms with E-state index in [1.807, 2.05) is 0 Å². The summed E-state index contributed by atoms with van der Waals surface area (Å²) in [5, 5.41) is 31.8. The smallest absolute Gasteiger partial charge is 0.307 e. The van der Waals surface area contributed by atoms with Gasteiger partial charge in [0.15, 0.2) is 6.29 Å². The number of methoxy groups -OCH3 is 1. The number of aliphatic hydroxyl groups is 2. The third-order valence-electron chi connectivity index (χ3n) is 9.63. The van der Waals surface area contributed by atoms with Gasteiger partial charge in [-0.1, -0.05) is 6.92 Å². The maximum Gasteiger partial charge on any atom is 0.307 e. The Morgan fingerprint density at radius 2 is 1.85 bits per heavy atom. The molecule has 1 heterocycles. The molecule has 5 aliphatic rings. The number of ether oxygens (including phenoxy) is 2. The summed E-state index contributed by atoms with van der Waals surface area (Å²) in [6, 6.07) is 0. The molecule has 2 bridgehead atoms. The Kier molecular flexibility index (Phi) is 3.71. The summed E-state index contributed by atoms with van der Waals surface area (Å²) in [5.41, 5.74) is -2.10. The molecule has 0 aromatic carbocycles. The van der Waals surface area contributed by atoms with E-state index >= 15 is 0 Å². The van der Waals surface area contributed by atoms with Crippen LogP contribution in [0, 0.1) is 28.6 Å². The highest BCUT2D eigenvalue weighted by Crippen LogP contribution is 2.75. The molecule has 5 fully saturated rings. The first kappa shape index (κ1) is 18.3. The van der Waals surface area contributed by atoms with Crippen LogP contribution in [0.1, 0.15) is 64.7 Å². The van der Waals surface area contributed by atoms with Crippen LogP contribution in [0.15, 0.2) is 0 Å². The number of carboxylic acids is 1. The standard InChI is InChI=1S/C21H32O6/c1-18-7-6-15-20-8-5-12(22)11-19(20,25)9-10-21(15,27-17(20)26-2)14(18)4-3-13(18)16(23)24/h12-15,17,22,25H,3-11H2,1-2H3,(H,23,24)/t12-,13-,14-,15-,17-,18+,19+,20-,21-/m0/s1. The van der Waals surface area contributed by atoms with Crippen molar-refractivity contribution in [2.24, 2.45) is 28.6 Å². The van der Waals surface area contributed by atoms with Crippen LogP contribution in [0.4, 0.5) is 0 Å². The van der Waals surface area contributed by atoms with Gasteiger partial charge in [0.25, 0.3) is 0 Å². The van der Waals surface area contributed by atoms with E-state index in [-0.39, 0.29) is 23.2 Å². The fourth-order valence-electron chi connectivity index (χ4n) is 8.62. The fourth-order valence-corrected chi connectivity index (χ4v) is 8.62. The van der Waals surface area contributed by atoms with E-state index in [1.165, 1.54) is 0 Å². The van der Waals surface area contributed by atoms with E-state index in [1.54, 1.807) is 7.11 Å². The van der Waals surface area contributed by atoms with Crippen molar-refractivity contribution >= 4 is 5.97 Å². The van der Waals surface area contributed by atoms with Gasteiger partial charge < -0.3 is 24.8 Å². The lowest BCUT2D eigenvalue weighted by Crippen LogP contribution is -2.67. The summed E-state index contributed by atoms with van der Waals surface area (Å²) < 4.78 is 12.6. The lowest BCUT2D eigenvalue weighted by molar-refractivity contribution is -0.239. The van der Waals surface area contributed by atoms with Crippen molar-refractivity contribution in [3.8, 4) is 0 Å². The molecule has 6 heteroatoms. The molecule has 1 spiro atoms. The molecule has 5 rings (SSSR count). The highest BCUT2D eigenvalue weighted by atomic mass is 16.7. The molecule has 9 atom stereocenters. The largest absolute Gasteiger partial charge is 0.481 e. The first-order chi connectivity index (χ1) is 12.7. The summed E-state index contributed by atoms with van der Waals surface area (Å²) in [6.45, 7) is 2.15. The molecule has 3 N–H and O–H groups in total. The second-order valence-corrected chi connectivity index (χ2v) is 10.2. The van der Waals surface area contributed by atoms with Crippen LogP contribution in [0.2, 0.25) is 0 Å². The van der Waals surface area contributed by atoms with Crippen LogP contribution in [-0.2, 0) is 14.3 Å². The summed E-state index contributed by atoms with van der Waals surface area (Å²) in [6.07, 6.45) is 5.47. The minimum absolute atomic E-state index is 0.173. The summed E-state index contributed by atoms with van der Waals surface area (Å²) in [4.78, 5) is 11.9. The Labute approximate surface area is 160 Å². The van der Waals surface area contributed by atoms with Gasteiger partial charge in [-0.25, -0.2) is 0 Å². The number of hydrogen-bond acceptors (Lipinski definition) is 5. The third-order valence-corrected chi connectivity index (χ3v) is 9.63. The maximum atomic E-state index is 11.9. The topological polar surface area (TPSA) is 96.2 Å². The van der Waals surface area contributed by atoms with Crippen LogP contribution < -0.4 is 0 Å². The molecule has 0 unspecified atom stereocenters. The number of aliphatic carboxylic acids is 1. The van der Waals surface area contributed by atoms with Crippen molar-refractivity contribution in [3.63, 3.8) is 0 Å². The van der Waals surface area contributed by atoms with Gasteiger partial charge in [0.2, 0.25) is 0 Å². The quantitative estimate of drug-likeness (QED) is 0.680. The Balaban J connectivity index is 1.61. The predicted octanol–water partition coefficient (Wildman–Crippen LogP) is 2.31. The molecule has 1 aliphatic heterocycles. The molecule has 6 nitrogen and oxygen atoms in total. The predicted molar refractivity (Wildman–Crippen MR) is 95.8 cm³/mol. The Morgan fingerprint density at radius 3 is 2.56 bits per heavy atom. The van der Waals surface area contributed by atoms with Gasteiger partial charge in [0.1, 0.15) is 0 Å². The van der Waals surface area contributed by atoms with E-state index in [0.29, 0.717) is 32.1 Å². The van der Waals surface area contributed by atoms with E-state index in [2.05, 4.69) is 6.92 Å². The van der Waals surface area contributed by atoms with E-state index < -0.39 is 35.0 Å². The van der Waals surface area contributed by atoms with Crippen molar-refractivity contribution in [2.75, 3.05) is 7.11 Å². The normalized spacial score (nSPS) is 59.0. The fraction of sp³-hybridized carbons (Fsp3) is 0.952. The average molecular weight is 380 g/mol. The van der Waals surface area contributed by atoms with Crippen molar-refractivity contribution in [2.45, 2.75) is 88.3 Å². The van der Waals surface area contributed by atoms with Crippen LogP contribution in [-0.4, -0.2) is 52.0 Å². The number of fused-ring (bicyclic) bond motifs is 1. The van der Waals surface area contributed by atoms with Crippen molar-refractivity contribution in [1.29, 1.82) is 0 Å². The SMILES string of the molecule is CO[C@H]1O[C@]23CC[C@@]4(O)C[C@@H](O)CC[C@]14[C@@H]2CC[C@]1(C)[C@H](C(=O)O)CC[C@@H]13. The lowest BCUT2D eigenvalue weighted by Gasteiger charge is -2.62. The van der Waals surface area contributed by atoms with Crippen molar-refractivity contribution in [1.82, 2.24) is 0 Å². The molecular formula is C21H32O6. The van der Waals surface area contributed by atoms with Gasteiger partial charge in [-0.3, -0.25) is 4.79 Å². The van der Waals surface area contributed by atoms with E-state index in [0.717, 1.165) is 25.7 Å². The molecule has 0 aromatic heterocycles. The molecule has 4 saturated carbocycles. The molecular weight excluding hydrogens is 348 g/mol. The molecule has 0 radical (unpaired) electrons. The van der Waals surface area contributed by atoms with Crippen LogP contribution in [0.3, 0.4) is 0 Å². The summed E-state index contributed by atoms with van der Waals surface area (Å²) >= 11 is 0. The average Bonchev–Trinajstić information content (AvgIpc) is 3.07. The zero-order valence-corrected chi connectivity index (χ0v) is 16.3. The lowest BCUT2D eigenvalue weighted by atomic mass is 9.42. The highest BCUT2D eigenvalue weighted by Gasteiger charge is 2.79. The van der Waals surface area contributed by atoms with E-state index in [9.17, 15) is 20.1 Å². The van der Waals surface area contributed by atoms with Gasteiger partial charge in [0.05, 0.1) is 28.6 Å². The monoisotopic (exact) mass is 380 g/mol. The molecule has 0 aromatic rings. The van der Waals surface area contributed by atoms with E-state index in [4.69, 9.17) is 9.47 Å². The Hall–Kier alpha value is -0.690. The number of rotatable bonds is 2. The number of aliphatic hydroxyl groups excluding tert-OH is 1. The number of carboxylic acid groups (broad SMARTS) is 1. The minimum atomic E-state index is -0.964. The van der Waals surface area contributed by atoms with Crippen LogP contribution in [0.5, 0.6) is 0 Å². The van der Waals surface area contributed by atoms with Gasteiger partial charge in [-0.2, -0.15) is 0 Å². The molecule has 27 heavy (non-hydrogen) atoms. The van der Waals surface area contributed by atoms with Gasteiger partial charge in [-0.15, -0.1) is 0 Å². The first-order valence-corrected chi connectivity index (χ1v) is 10.6. The van der Waals surface area contributed by atoms with Crippen LogP contribution >= 0.6 is 0 Å². The first-order valence-electron chi connectivity index (χ1n) is 10.6. The molecule has 0 amide bonds. The summed E-state index contributed by atoms with van der Waals surface area (Å²) in [7, 11) is 1.65. The molecule has 1 saturated heterocycles. The maximum absolute atomic E-state index is 11.9. The molecule has 4 aliphatic carbocycles. The number of hydrogen-bond donors (Lipinski definition) is 3. The zero-order valence-electron chi connectivity index (χ0n) is 16.3. The molecule has 152 valence electrons. The third kappa shape index (κ3) is 1.93. The summed E-state index contributed by atoms with van der Waals surface area (Å²) in [5.74, 6) is -0.628. The van der Waals surface area contributed by atoms with Crippen LogP contribution in [0.25, 0.3) is 0 Å².